The molecule has 0 saturated carbocycles. The third-order valence-corrected chi connectivity index (χ3v) is 5.36. The summed E-state index contributed by atoms with van der Waals surface area (Å²) in [5.74, 6) is 0.0922. The molecule has 3 aromatic rings. The van der Waals surface area contributed by atoms with E-state index in [9.17, 15) is 4.79 Å². The number of carbonyl (C=O) groups is 1. The summed E-state index contributed by atoms with van der Waals surface area (Å²) in [6.45, 7) is 3.04. The van der Waals surface area contributed by atoms with Crippen molar-refractivity contribution in [3.8, 4) is 0 Å². The van der Waals surface area contributed by atoms with Gasteiger partial charge in [-0.15, -0.1) is 0 Å². The number of nitrogens with one attached hydrogen (secondary N) is 1. The van der Waals surface area contributed by atoms with Crippen LogP contribution in [0.5, 0.6) is 0 Å². The van der Waals surface area contributed by atoms with E-state index in [0.29, 0.717) is 6.04 Å². The molecule has 0 atom stereocenters. The van der Waals surface area contributed by atoms with Crippen molar-refractivity contribution in [3.05, 3.63) is 65.9 Å². The van der Waals surface area contributed by atoms with Crippen molar-refractivity contribution in [2.45, 2.75) is 25.4 Å². The maximum atomic E-state index is 12.9. The van der Waals surface area contributed by atoms with Gasteiger partial charge >= 0.3 is 0 Å². The first kappa shape index (κ1) is 16.8. The number of amides is 1. The maximum Gasteiger partial charge on any atom is 0.253 e. The fraction of sp³-hybridized carbons (Fsp3) is 0.333. The van der Waals surface area contributed by atoms with E-state index in [4.69, 9.17) is 0 Å². The largest absolute Gasteiger partial charge is 0.339 e. The number of benzene rings is 2. The number of fused-ring (bicyclic) bond motifs is 1. The average Bonchev–Trinajstić information content (AvgIpc) is 3.16. The van der Waals surface area contributed by atoms with Crippen LogP contribution in [0.3, 0.4) is 0 Å². The van der Waals surface area contributed by atoms with Gasteiger partial charge in [0.1, 0.15) is 0 Å². The Morgan fingerprint density at radius 1 is 1.19 bits per heavy atom. The fourth-order valence-electron chi connectivity index (χ4n) is 3.75. The third-order valence-electron chi connectivity index (χ3n) is 5.36. The molecule has 0 bridgehead atoms. The second-order valence-electron chi connectivity index (χ2n) is 7.08. The highest BCUT2D eigenvalue weighted by atomic mass is 16.2. The Kier molecular flexibility index (Phi) is 4.71. The number of aromatic nitrogens is 2. The molecular formula is C21H24N4O. The van der Waals surface area contributed by atoms with Crippen molar-refractivity contribution in [1.82, 2.24) is 20.0 Å². The van der Waals surface area contributed by atoms with E-state index >= 15 is 0 Å². The Balaban J connectivity index is 1.36. The normalized spacial score (nSPS) is 16.0. The zero-order valence-corrected chi connectivity index (χ0v) is 15.1. The summed E-state index contributed by atoms with van der Waals surface area (Å²) in [7, 11) is 1.93. The topological polar surface area (TPSA) is 52.2 Å². The minimum atomic E-state index is 0.0922. The molecule has 5 heteroatoms. The number of H-pyrrole nitrogens is 1. The summed E-state index contributed by atoms with van der Waals surface area (Å²) >= 11 is 0. The van der Waals surface area contributed by atoms with Crippen LogP contribution in [0.15, 0.2) is 54.7 Å². The van der Waals surface area contributed by atoms with Crippen LogP contribution in [0.2, 0.25) is 0 Å². The number of likely N-dealkylation sites (tertiary alicyclic amines) is 1. The van der Waals surface area contributed by atoms with Gasteiger partial charge in [-0.3, -0.25) is 14.8 Å². The van der Waals surface area contributed by atoms with Gasteiger partial charge < -0.3 is 4.90 Å². The van der Waals surface area contributed by atoms with Gasteiger partial charge in [0, 0.05) is 43.7 Å². The minimum absolute atomic E-state index is 0.0922. The molecule has 1 fully saturated rings. The SMILES string of the molecule is CN(C(=O)c1ccc2[nH]ncc2c1)C1CCN(Cc2ccccc2)CC1. The van der Waals surface area contributed by atoms with Gasteiger partial charge in [0.05, 0.1) is 11.7 Å². The standard InChI is InChI=1S/C21H24N4O/c1-24(21(26)17-7-8-20-18(13-17)14-22-23-20)19-9-11-25(12-10-19)15-16-5-3-2-4-6-16/h2-8,13-14,19H,9-12,15H2,1H3,(H,22,23). The quantitative estimate of drug-likeness (QED) is 0.787. The first-order chi connectivity index (χ1) is 12.7. The molecule has 4 rings (SSSR count). The second-order valence-corrected chi connectivity index (χ2v) is 7.08. The van der Waals surface area contributed by atoms with E-state index in [-0.39, 0.29) is 5.91 Å². The van der Waals surface area contributed by atoms with Gasteiger partial charge in [-0.1, -0.05) is 30.3 Å². The molecule has 0 aliphatic carbocycles. The summed E-state index contributed by atoms with van der Waals surface area (Å²) in [6.07, 6.45) is 3.79. The predicted octanol–water partition coefficient (Wildman–Crippen LogP) is 3.30. The van der Waals surface area contributed by atoms with Gasteiger partial charge in [0.2, 0.25) is 0 Å². The van der Waals surface area contributed by atoms with Crippen molar-refractivity contribution >= 4 is 16.8 Å². The van der Waals surface area contributed by atoms with Crippen molar-refractivity contribution in [2.75, 3.05) is 20.1 Å². The van der Waals surface area contributed by atoms with Crippen LogP contribution < -0.4 is 0 Å². The smallest absolute Gasteiger partial charge is 0.253 e. The zero-order valence-electron chi connectivity index (χ0n) is 15.1. The van der Waals surface area contributed by atoms with E-state index < -0.39 is 0 Å². The number of hydrogen-bond acceptors (Lipinski definition) is 3. The number of nitrogens with zero attached hydrogens (tertiary/aromatic N) is 3. The Morgan fingerprint density at radius 2 is 1.96 bits per heavy atom. The summed E-state index contributed by atoms with van der Waals surface area (Å²) in [4.78, 5) is 17.3. The van der Waals surface area contributed by atoms with Crippen LogP contribution in [-0.2, 0) is 6.54 Å². The molecule has 1 N–H and O–H groups in total. The van der Waals surface area contributed by atoms with Gasteiger partial charge in [-0.2, -0.15) is 5.10 Å². The van der Waals surface area contributed by atoms with E-state index in [0.717, 1.165) is 48.9 Å². The van der Waals surface area contributed by atoms with Crippen LogP contribution >= 0.6 is 0 Å². The molecule has 5 nitrogen and oxygen atoms in total. The first-order valence-corrected chi connectivity index (χ1v) is 9.17. The Bertz CT molecular complexity index is 881. The lowest BCUT2D eigenvalue weighted by Gasteiger charge is -2.36. The molecule has 2 heterocycles. The number of hydrogen-bond donors (Lipinski definition) is 1. The lowest BCUT2D eigenvalue weighted by atomic mass is 10.0. The summed E-state index contributed by atoms with van der Waals surface area (Å²) in [5, 5.41) is 7.92. The minimum Gasteiger partial charge on any atom is -0.339 e. The Hall–Kier alpha value is -2.66. The molecule has 0 radical (unpaired) electrons. The van der Waals surface area contributed by atoms with Crippen molar-refractivity contribution in [1.29, 1.82) is 0 Å². The zero-order chi connectivity index (χ0) is 17.9. The van der Waals surface area contributed by atoms with Crippen LogP contribution in [0.1, 0.15) is 28.8 Å². The van der Waals surface area contributed by atoms with E-state index in [1.54, 1.807) is 6.20 Å². The molecule has 1 amide bonds. The molecule has 1 aromatic heterocycles. The van der Waals surface area contributed by atoms with Crippen molar-refractivity contribution in [2.24, 2.45) is 0 Å². The second kappa shape index (κ2) is 7.30. The van der Waals surface area contributed by atoms with Gasteiger partial charge in [-0.25, -0.2) is 0 Å². The van der Waals surface area contributed by atoms with E-state index in [1.165, 1.54) is 5.56 Å². The molecule has 2 aromatic carbocycles. The first-order valence-electron chi connectivity index (χ1n) is 9.17. The van der Waals surface area contributed by atoms with E-state index in [2.05, 4.69) is 45.4 Å². The van der Waals surface area contributed by atoms with Gasteiger partial charge in [0.25, 0.3) is 5.91 Å². The van der Waals surface area contributed by atoms with Crippen LogP contribution in [0, 0.1) is 0 Å². The molecule has 1 aliphatic heterocycles. The van der Waals surface area contributed by atoms with Crippen molar-refractivity contribution < 1.29 is 4.79 Å². The highest BCUT2D eigenvalue weighted by molar-refractivity contribution is 5.97. The molecule has 0 spiro atoms. The Morgan fingerprint density at radius 3 is 2.73 bits per heavy atom. The monoisotopic (exact) mass is 348 g/mol. The fourth-order valence-corrected chi connectivity index (χ4v) is 3.75. The summed E-state index contributed by atoms with van der Waals surface area (Å²) in [5.41, 5.74) is 3.04. The van der Waals surface area contributed by atoms with E-state index in [1.807, 2.05) is 30.1 Å². The molecule has 26 heavy (non-hydrogen) atoms. The van der Waals surface area contributed by atoms with Crippen LogP contribution in [0.25, 0.3) is 10.9 Å². The molecule has 0 unspecified atom stereocenters. The number of piperidine rings is 1. The number of rotatable bonds is 4. The van der Waals surface area contributed by atoms with Crippen LogP contribution in [-0.4, -0.2) is 52.1 Å². The van der Waals surface area contributed by atoms with Crippen molar-refractivity contribution in [3.63, 3.8) is 0 Å². The van der Waals surface area contributed by atoms with Gasteiger partial charge in [0.15, 0.2) is 0 Å². The highest BCUT2D eigenvalue weighted by Crippen LogP contribution is 2.20. The molecule has 1 aliphatic rings. The lowest BCUT2D eigenvalue weighted by molar-refractivity contribution is 0.0636. The lowest BCUT2D eigenvalue weighted by Crippen LogP contribution is -2.45. The molecular weight excluding hydrogens is 324 g/mol. The summed E-state index contributed by atoms with van der Waals surface area (Å²) in [6, 6.07) is 16.6. The Labute approximate surface area is 153 Å². The third kappa shape index (κ3) is 3.48. The molecule has 1 saturated heterocycles. The predicted molar refractivity (Wildman–Crippen MR) is 103 cm³/mol. The molecule has 134 valence electrons. The number of aromatic amines is 1. The highest BCUT2D eigenvalue weighted by Gasteiger charge is 2.26. The van der Waals surface area contributed by atoms with Gasteiger partial charge in [-0.05, 0) is 36.6 Å². The van der Waals surface area contributed by atoms with Crippen LogP contribution in [0.4, 0.5) is 0 Å². The number of carbonyl (C=O) groups excluding carboxylic acids is 1. The maximum absolute atomic E-state index is 12.9. The summed E-state index contributed by atoms with van der Waals surface area (Å²) < 4.78 is 0. The average molecular weight is 348 g/mol.